The molecule has 1 aromatic carbocycles. The van der Waals surface area contributed by atoms with Crippen LogP contribution in [0.4, 0.5) is 39.5 Å². The fraction of sp³-hybridized carbons (Fsp3) is 0.600. The van der Waals surface area contributed by atoms with Crippen molar-refractivity contribution >= 4 is 11.8 Å². The number of rotatable bonds is 7. The molecule has 1 unspecified atom stereocenters. The fourth-order valence-electron chi connectivity index (χ4n) is 3.70. The molecule has 2 amide bonds. The molecule has 12 heteroatoms. The largest absolute Gasteiger partial charge is 0.460 e. The van der Waals surface area contributed by atoms with Crippen LogP contribution < -0.4 is 0 Å². The Morgan fingerprint density at radius 3 is 2.00 bits per heavy atom. The summed E-state index contributed by atoms with van der Waals surface area (Å²) in [5, 5.41) is 0. The molecular weight excluding hydrogens is 457 g/mol. The number of hydrogen-bond donors (Lipinski definition) is 0. The third kappa shape index (κ3) is 3.75. The smallest absolute Gasteiger partial charge is 0.278 e. The maximum absolute atomic E-state index is 14.5. The molecule has 2 rings (SSSR count). The quantitative estimate of drug-likeness (QED) is 0.363. The van der Waals surface area contributed by atoms with Crippen molar-refractivity contribution < 1.29 is 49.1 Å². The fourth-order valence-corrected chi connectivity index (χ4v) is 3.70. The molecule has 0 spiro atoms. The van der Waals surface area contributed by atoms with E-state index in [1.54, 1.807) is 6.92 Å². The molecule has 0 saturated heterocycles. The molecule has 0 aliphatic carbocycles. The number of carbonyl (C=O) groups excluding carboxylic acids is 2. The number of unbranched alkanes of at least 4 members (excludes halogenated alkanes) is 1. The average Bonchev–Trinajstić information content (AvgIpc) is 2.65. The second kappa shape index (κ2) is 7.95. The summed E-state index contributed by atoms with van der Waals surface area (Å²) in [5.74, 6) is -22.1. The Labute approximate surface area is 177 Å². The van der Waals surface area contributed by atoms with Gasteiger partial charge in [-0.05, 0) is 31.4 Å². The standard InChI is InChI=1S/C20H20F9NO2/c1-4-5-9-30-14(31)13-11(2)7-6-8-12(13)16(3,15(30)32)10-17(21,22)18(23,24)19(25,26)20(27,28)29/h6-8H,4-5,9-10H2,1-3H3. The van der Waals surface area contributed by atoms with Gasteiger partial charge in [0.2, 0.25) is 5.91 Å². The highest BCUT2D eigenvalue weighted by molar-refractivity contribution is 6.13. The summed E-state index contributed by atoms with van der Waals surface area (Å²) in [6, 6.07) is 3.64. The predicted octanol–water partition coefficient (Wildman–Crippen LogP) is 5.89. The van der Waals surface area contributed by atoms with Crippen LogP contribution in [0.1, 0.15) is 54.6 Å². The third-order valence-corrected chi connectivity index (χ3v) is 5.56. The van der Waals surface area contributed by atoms with Gasteiger partial charge in [-0.25, -0.2) is 0 Å². The number of benzene rings is 1. The van der Waals surface area contributed by atoms with Crippen LogP contribution in [0.5, 0.6) is 0 Å². The lowest BCUT2D eigenvalue weighted by molar-refractivity contribution is -0.397. The number of imide groups is 1. The zero-order valence-electron chi connectivity index (χ0n) is 17.2. The minimum atomic E-state index is -7.06. The van der Waals surface area contributed by atoms with Gasteiger partial charge < -0.3 is 0 Å². The molecule has 180 valence electrons. The number of amides is 2. The van der Waals surface area contributed by atoms with E-state index in [1.165, 1.54) is 19.1 Å². The summed E-state index contributed by atoms with van der Waals surface area (Å²) < 4.78 is 121. The Morgan fingerprint density at radius 1 is 0.938 bits per heavy atom. The minimum absolute atomic E-state index is 0.198. The van der Waals surface area contributed by atoms with Crippen molar-refractivity contribution in [2.75, 3.05) is 6.54 Å². The maximum atomic E-state index is 14.5. The lowest BCUT2D eigenvalue weighted by Gasteiger charge is -2.43. The van der Waals surface area contributed by atoms with Gasteiger partial charge in [0.25, 0.3) is 5.91 Å². The van der Waals surface area contributed by atoms with Crippen LogP contribution in [-0.2, 0) is 10.2 Å². The highest BCUT2D eigenvalue weighted by Crippen LogP contribution is 2.56. The van der Waals surface area contributed by atoms with Crippen molar-refractivity contribution in [1.82, 2.24) is 4.90 Å². The van der Waals surface area contributed by atoms with Crippen LogP contribution in [-0.4, -0.2) is 47.2 Å². The summed E-state index contributed by atoms with van der Waals surface area (Å²) >= 11 is 0. The second-order valence-electron chi connectivity index (χ2n) is 7.97. The molecule has 1 atom stereocenters. The molecule has 32 heavy (non-hydrogen) atoms. The lowest BCUT2D eigenvalue weighted by atomic mass is 9.70. The number of halogens is 9. The van der Waals surface area contributed by atoms with Crippen molar-refractivity contribution in [3.05, 3.63) is 34.9 Å². The van der Waals surface area contributed by atoms with Crippen molar-refractivity contribution in [2.45, 2.75) is 69.4 Å². The molecule has 1 aromatic rings. The van der Waals surface area contributed by atoms with E-state index in [0.717, 1.165) is 13.0 Å². The zero-order valence-corrected chi connectivity index (χ0v) is 17.2. The van der Waals surface area contributed by atoms with Gasteiger partial charge in [-0.2, -0.15) is 39.5 Å². The first-order chi connectivity index (χ1) is 14.4. The highest BCUT2D eigenvalue weighted by Gasteiger charge is 2.82. The van der Waals surface area contributed by atoms with E-state index >= 15 is 0 Å². The van der Waals surface area contributed by atoms with Gasteiger partial charge in [0.15, 0.2) is 0 Å². The maximum Gasteiger partial charge on any atom is 0.460 e. The first-order valence-electron chi connectivity index (χ1n) is 9.53. The Bertz CT molecular complexity index is 911. The first-order valence-corrected chi connectivity index (χ1v) is 9.53. The van der Waals surface area contributed by atoms with Gasteiger partial charge in [0, 0.05) is 18.5 Å². The van der Waals surface area contributed by atoms with Crippen molar-refractivity contribution in [2.24, 2.45) is 0 Å². The predicted molar refractivity (Wildman–Crippen MR) is 95.0 cm³/mol. The SMILES string of the molecule is CCCCN1C(=O)c2c(C)cccc2C(C)(CC(F)(F)C(F)(F)C(F)(F)C(F)(F)F)C1=O. The van der Waals surface area contributed by atoms with Crippen molar-refractivity contribution in [3.8, 4) is 0 Å². The molecular formula is C20H20F9NO2. The molecule has 0 saturated carbocycles. The minimum Gasteiger partial charge on any atom is -0.278 e. The summed E-state index contributed by atoms with van der Waals surface area (Å²) in [6.07, 6.45) is -8.65. The summed E-state index contributed by atoms with van der Waals surface area (Å²) in [4.78, 5) is 26.4. The molecule has 1 heterocycles. The lowest BCUT2D eigenvalue weighted by Crippen LogP contribution is -2.64. The van der Waals surface area contributed by atoms with E-state index in [2.05, 4.69) is 0 Å². The second-order valence-corrected chi connectivity index (χ2v) is 7.97. The van der Waals surface area contributed by atoms with E-state index in [9.17, 15) is 49.1 Å². The van der Waals surface area contributed by atoms with Crippen LogP contribution in [0.3, 0.4) is 0 Å². The monoisotopic (exact) mass is 477 g/mol. The molecule has 0 aromatic heterocycles. The van der Waals surface area contributed by atoms with Gasteiger partial charge in [-0.15, -0.1) is 0 Å². The molecule has 0 fully saturated rings. The average molecular weight is 477 g/mol. The number of nitrogens with zero attached hydrogens (tertiary/aromatic N) is 1. The molecule has 0 bridgehead atoms. The summed E-state index contributed by atoms with van der Waals surface area (Å²) in [5.41, 5.74) is -3.17. The summed E-state index contributed by atoms with van der Waals surface area (Å²) in [6.45, 7) is 3.54. The summed E-state index contributed by atoms with van der Waals surface area (Å²) in [7, 11) is 0. The molecule has 1 aliphatic rings. The van der Waals surface area contributed by atoms with E-state index in [4.69, 9.17) is 0 Å². The van der Waals surface area contributed by atoms with Crippen LogP contribution in [0.25, 0.3) is 0 Å². The molecule has 3 nitrogen and oxygen atoms in total. The Kier molecular flexibility index (Phi) is 6.45. The molecule has 1 aliphatic heterocycles. The van der Waals surface area contributed by atoms with Crippen LogP contribution in [0.15, 0.2) is 18.2 Å². The van der Waals surface area contributed by atoms with E-state index < -0.39 is 53.2 Å². The van der Waals surface area contributed by atoms with Gasteiger partial charge in [0.05, 0.1) is 5.41 Å². The van der Waals surface area contributed by atoms with Gasteiger partial charge >= 0.3 is 23.9 Å². The first kappa shape index (κ1) is 26.0. The van der Waals surface area contributed by atoms with Crippen LogP contribution >= 0.6 is 0 Å². The van der Waals surface area contributed by atoms with E-state index in [-0.39, 0.29) is 24.1 Å². The topological polar surface area (TPSA) is 37.4 Å². The van der Waals surface area contributed by atoms with Gasteiger partial charge in [-0.3, -0.25) is 14.5 Å². The van der Waals surface area contributed by atoms with Crippen molar-refractivity contribution in [1.29, 1.82) is 0 Å². The number of alkyl halides is 9. The van der Waals surface area contributed by atoms with E-state index in [0.29, 0.717) is 11.3 Å². The zero-order chi connectivity index (χ0) is 24.9. The molecule has 0 radical (unpaired) electrons. The number of aryl methyl sites for hydroxylation is 1. The Hall–Kier alpha value is -2.27. The van der Waals surface area contributed by atoms with Gasteiger partial charge in [-0.1, -0.05) is 31.5 Å². The van der Waals surface area contributed by atoms with E-state index in [1.807, 2.05) is 0 Å². The number of hydrogen-bond acceptors (Lipinski definition) is 2. The highest BCUT2D eigenvalue weighted by atomic mass is 19.4. The Balaban J connectivity index is 2.67. The molecule has 0 N–H and O–H groups in total. The number of fused-ring (bicyclic) bond motifs is 1. The normalized spacial score (nSPS) is 20.6. The Morgan fingerprint density at radius 2 is 1.50 bits per heavy atom. The van der Waals surface area contributed by atoms with Crippen molar-refractivity contribution in [3.63, 3.8) is 0 Å². The third-order valence-electron chi connectivity index (χ3n) is 5.56. The van der Waals surface area contributed by atoms with Crippen LogP contribution in [0.2, 0.25) is 0 Å². The van der Waals surface area contributed by atoms with Gasteiger partial charge in [0.1, 0.15) is 0 Å². The van der Waals surface area contributed by atoms with Crippen LogP contribution in [0, 0.1) is 6.92 Å². The number of carbonyl (C=O) groups is 2.